The Labute approximate surface area is 159 Å². The number of methoxy groups -OCH3 is 2. The van der Waals surface area contributed by atoms with Crippen LogP contribution in [-0.2, 0) is 19.1 Å². The number of nitrogens with two attached hydrogens (primary N) is 1. The van der Waals surface area contributed by atoms with Crippen LogP contribution in [0.5, 0.6) is 0 Å². The van der Waals surface area contributed by atoms with Crippen LogP contribution in [-0.4, -0.2) is 37.0 Å². The first-order chi connectivity index (χ1) is 13.2. The molecule has 28 heavy (non-hydrogen) atoms. The molecule has 0 radical (unpaired) electrons. The minimum absolute atomic E-state index is 0.102. The molecule has 1 amide bonds. The second kappa shape index (κ2) is 8.16. The average Bonchev–Trinajstić information content (AvgIpc) is 2.89. The molecule has 0 bridgehead atoms. The second-order valence-corrected chi connectivity index (χ2v) is 5.58. The Morgan fingerprint density at radius 2 is 1.75 bits per heavy atom. The van der Waals surface area contributed by atoms with Crippen LogP contribution in [0.2, 0.25) is 0 Å². The van der Waals surface area contributed by atoms with Crippen molar-refractivity contribution in [2.24, 2.45) is 5.73 Å². The van der Waals surface area contributed by atoms with Gasteiger partial charge in [-0.25, -0.2) is 9.59 Å². The number of hydrogen-bond acceptors (Lipinski definition) is 8. The third-order valence-electron chi connectivity index (χ3n) is 3.98. The summed E-state index contributed by atoms with van der Waals surface area (Å²) in [5.41, 5.74) is 4.66. The summed E-state index contributed by atoms with van der Waals surface area (Å²) >= 11 is 0. The number of nitro benzene ring substituents is 1. The first-order valence-electron chi connectivity index (χ1n) is 7.86. The molecule has 0 atom stereocenters. The minimum Gasteiger partial charge on any atom is -0.465 e. The number of primary amides is 1. The predicted octanol–water partition coefficient (Wildman–Crippen LogP) is 1.49. The van der Waals surface area contributed by atoms with E-state index in [0.29, 0.717) is 0 Å². The SMILES string of the molecule is COC(=O)C1=C(C(=O)OC)N(c2cc(C(N)=O)cc([N+](=O)[O-])c2C)C=CC=C1. The lowest BCUT2D eigenvalue weighted by atomic mass is 10.0. The highest BCUT2D eigenvalue weighted by Crippen LogP contribution is 2.34. The van der Waals surface area contributed by atoms with Crippen molar-refractivity contribution in [3.63, 3.8) is 0 Å². The molecule has 0 spiro atoms. The van der Waals surface area contributed by atoms with Crippen molar-refractivity contribution in [3.05, 3.63) is 69.1 Å². The van der Waals surface area contributed by atoms with Crippen LogP contribution >= 0.6 is 0 Å². The maximum Gasteiger partial charge on any atom is 0.355 e. The first-order valence-corrected chi connectivity index (χ1v) is 7.86. The van der Waals surface area contributed by atoms with Crippen molar-refractivity contribution in [2.45, 2.75) is 6.92 Å². The number of hydrogen-bond donors (Lipinski definition) is 1. The van der Waals surface area contributed by atoms with E-state index in [0.717, 1.165) is 20.3 Å². The highest BCUT2D eigenvalue weighted by Gasteiger charge is 2.30. The molecule has 146 valence electrons. The number of anilines is 1. The highest BCUT2D eigenvalue weighted by molar-refractivity contribution is 6.06. The van der Waals surface area contributed by atoms with Gasteiger partial charge in [-0.1, -0.05) is 6.08 Å². The van der Waals surface area contributed by atoms with Crippen LogP contribution in [0.15, 0.2) is 47.8 Å². The zero-order chi connectivity index (χ0) is 21.0. The van der Waals surface area contributed by atoms with Gasteiger partial charge >= 0.3 is 11.9 Å². The number of carbonyl (C=O) groups excluding carboxylic acids is 3. The molecule has 2 N–H and O–H groups in total. The zero-order valence-corrected chi connectivity index (χ0v) is 15.3. The van der Waals surface area contributed by atoms with Gasteiger partial charge in [0.1, 0.15) is 5.70 Å². The van der Waals surface area contributed by atoms with Gasteiger partial charge in [-0.15, -0.1) is 0 Å². The van der Waals surface area contributed by atoms with Gasteiger partial charge in [-0.05, 0) is 25.1 Å². The fraction of sp³-hybridized carbons (Fsp3) is 0.167. The van der Waals surface area contributed by atoms with Crippen LogP contribution in [0.3, 0.4) is 0 Å². The molecule has 0 aromatic heterocycles. The molecule has 1 aromatic carbocycles. The summed E-state index contributed by atoms with van der Waals surface area (Å²) in [5.74, 6) is -2.59. The Kier molecular flexibility index (Phi) is 5.94. The average molecular weight is 387 g/mol. The number of rotatable bonds is 5. The molecule has 1 aromatic rings. The van der Waals surface area contributed by atoms with Crippen molar-refractivity contribution >= 4 is 29.2 Å². The second-order valence-electron chi connectivity index (χ2n) is 5.58. The Morgan fingerprint density at radius 1 is 1.11 bits per heavy atom. The topological polar surface area (TPSA) is 142 Å². The number of benzene rings is 1. The Morgan fingerprint density at radius 3 is 2.29 bits per heavy atom. The summed E-state index contributed by atoms with van der Waals surface area (Å²) in [6, 6.07) is 2.34. The number of ether oxygens (including phenoxy) is 2. The monoisotopic (exact) mass is 387 g/mol. The van der Waals surface area contributed by atoms with Gasteiger partial charge in [0.2, 0.25) is 5.91 Å². The molecule has 0 saturated heterocycles. The van der Waals surface area contributed by atoms with Crippen molar-refractivity contribution in [3.8, 4) is 0 Å². The van der Waals surface area contributed by atoms with E-state index in [4.69, 9.17) is 15.2 Å². The maximum atomic E-state index is 12.5. The number of nitro groups is 1. The molecule has 1 aliphatic rings. The largest absolute Gasteiger partial charge is 0.465 e. The molecular weight excluding hydrogens is 370 g/mol. The third kappa shape index (κ3) is 3.75. The number of carbonyl (C=O) groups is 3. The van der Waals surface area contributed by atoms with Crippen molar-refractivity contribution < 1.29 is 28.8 Å². The van der Waals surface area contributed by atoms with E-state index in [-0.39, 0.29) is 33.8 Å². The summed E-state index contributed by atoms with van der Waals surface area (Å²) in [4.78, 5) is 48.3. The van der Waals surface area contributed by atoms with Gasteiger partial charge in [-0.3, -0.25) is 14.9 Å². The van der Waals surface area contributed by atoms with Crippen molar-refractivity contribution in [1.82, 2.24) is 0 Å². The number of amides is 1. The maximum absolute atomic E-state index is 12.5. The van der Waals surface area contributed by atoms with Crippen LogP contribution in [0.4, 0.5) is 11.4 Å². The summed E-state index contributed by atoms with van der Waals surface area (Å²) in [6.07, 6.45) is 5.73. The van der Waals surface area contributed by atoms with Crippen LogP contribution in [0.25, 0.3) is 0 Å². The summed E-state index contributed by atoms with van der Waals surface area (Å²) in [6.45, 7) is 1.44. The standard InChI is InChI=1S/C18H17N3O7/c1-10-13(8-11(16(19)22)9-14(10)21(25)26)20-7-5-4-6-12(17(23)27-2)15(20)18(24)28-3/h4-9H,1-3H3,(H2,19,22). The molecule has 10 nitrogen and oxygen atoms in total. The normalized spacial score (nSPS) is 13.2. The lowest BCUT2D eigenvalue weighted by Gasteiger charge is -2.25. The summed E-state index contributed by atoms with van der Waals surface area (Å²) in [7, 11) is 2.26. The quantitative estimate of drug-likeness (QED) is 0.455. The molecule has 0 unspecified atom stereocenters. The Hall–Kier alpha value is -3.95. The van der Waals surface area contributed by atoms with Gasteiger partial charge < -0.3 is 20.1 Å². The highest BCUT2D eigenvalue weighted by atomic mass is 16.6. The molecule has 0 aliphatic carbocycles. The number of nitrogens with zero attached hydrogens (tertiary/aromatic N) is 2. The first kappa shape index (κ1) is 20.4. The Balaban J connectivity index is 2.87. The molecule has 0 fully saturated rings. The van der Waals surface area contributed by atoms with Gasteiger partial charge in [-0.2, -0.15) is 0 Å². The minimum atomic E-state index is -0.891. The van der Waals surface area contributed by atoms with E-state index in [9.17, 15) is 24.5 Å². The lowest BCUT2D eigenvalue weighted by molar-refractivity contribution is -0.385. The smallest absolute Gasteiger partial charge is 0.355 e. The van der Waals surface area contributed by atoms with Gasteiger partial charge in [0.15, 0.2) is 0 Å². The van der Waals surface area contributed by atoms with E-state index in [1.807, 2.05) is 0 Å². The van der Waals surface area contributed by atoms with E-state index in [2.05, 4.69) is 0 Å². The predicted molar refractivity (Wildman–Crippen MR) is 98.2 cm³/mol. The molecule has 1 aliphatic heterocycles. The van der Waals surface area contributed by atoms with Crippen molar-refractivity contribution in [2.75, 3.05) is 19.1 Å². The van der Waals surface area contributed by atoms with Crippen molar-refractivity contribution in [1.29, 1.82) is 0 Å². The lowest BCUT2D eigenvalue weighted by Crippen LogP contribution is -2.28. The fourth-order valence-corrected chi connectivity index (χ4v) is 2.62. The van der Waals surface area contributed by atoms with E-state index in [1.165, 1.54) is 42.3 Å². The van der Waals surface area contributed by atoms with E-state index >= 15 is 0 Å². The van der Waals surface area contributed by atoms with Crippen LogP contribution in [0.1, 0.15) is 15.9 Å². The molecule has 1 heterocycles. The molecular formula is C18H17N3O7. The van der Waals surface area contributed by atoms with Gasteiger partial charge in [0, 0.05) is 17.8 Å². The van der Waals surface area contributed by atoms with E-state index in [1.54, 1.807) is 0 Å². The zero-order valence-electron chi connectivity index (χ0n) is 15.3. The van der Waals surface area contributed by atoms with Gasteiger partial charge in [0.25, 0.3) is 5.69 Å². The number of allylic oxidation sites excluding steroid dienone is 2. The summed E-state index contributed by atoms with van der Waals surface area (Å²) in [5, 5.41) is 11.4. The van der Waals surface area contributed by atoms with E-state index < -0.39 is 22.8 Å². The third-order valence-corrected chi connectivity index (χ3v) is 3.98. The molecule has 2 rings (SSSR count). The number of esters is 2. The summed E-state index contributed by atoms with van der Waals surface area (Å²) < 4.78 is 9.49. The molecule has 0 saturated carbocycles. The fourth-order valence-electron chi connectivity index (χ4n) is 2.62. The van der Waals surface area contributed by atoms with Crippen LogP contribution < -0.4 is 10.6 Å². The Bertz CT molecular complexity index is 960. The van der Waals surface area contributed by atoms with Crippen LogP contribution in [0, 0.1) is 17.0 Å². The molecule has 10 heteroatoms. The van der Waals surface area contributed by atoms with Gasteiger partial charge in [0.05, 0.1) is 36.0 Å².